The van der Waals surface area contributed by atoms with Crippen LogP contribution in [0.4, 0.5) is 10.5 Å². The minimum absolute atomic E-state index is 0.148. The van der Waals surface area contributed by atoms with E-state index in [1.807, 2.05) is 85.8 Å². The molecule has 0 spiro atoms. The van der Waals surface area contributed by atoms with Crippen LogP contribution in [0.1, 0.15) is 49.7 Å². The van der Waals surface area contributed by atoms with E-state index < -0.39 is 0 Å². The molecule has 0 aliphatic carbocycles. The van der Waals surface area contributed by atoms with Crippen molar-refractivity contribution in [2.45, 2.75) is 39.2 Å². The molecule has 0 saturated heterocycles. The standard InChI is InChI=1S/C29H32N4O3/c1-20(2)22-10-14-25(15-11-22)30-29(34)33(21(3)23-8-6-5-7-9-23)19-18-27-31-28(32-36-27)24-12-16-26(35-4)17-13-24/h5-17,20-21H,18-19H2,1-4H3,(H,30,34). The Kier molecular flexibility index (Phi) is 8.00. The van der Waals surface area contributed by atoms with E-state index in [0.29, 0.717) is 30.6 Å². The fourth-order valence-electron chi connectivity index (χ4n) is 3.96. The lowest BCUT2D eigenvalue weighted by Crippen LogP contribution is -2.38. The second kappa shape index (κ2) is 11.5. The van der Waals surface area contributed by atoms with Crippen LogP contribution >= 0.6 is 0 Å². The number of rotatable bonds is 9. The van der Waals surface area contributed by atoms with E-state index in [1.54, 1.807) is 12.0 Å². The van der Waals surface area contributed by atoms with Crippen LogP contribution in [0.15, 0.2) is 83.4 Å². The first-order valence-corrected chi connectivity index (χ1v) is 12.1. The third-order valence-corrected chi connectivity index (χ3v) is 6.22. The molecular weight excluding hydrogens is 452 g/mol. The van der Waals surface area contributed by atoms with Crippen molar-refractivity contribution in [2.24, 2.45) is 0 Å². The highest BCUT2D eigenvalue weighted by Gasteiger charge is 2.23. The number of nitrogens with zero attached hydrogens (tertiary/aromatic N) is 3. The van der Waals surface area contributed by atoms with Gasteiger partial charge in [-0.1, -0.05) is 61.5 Å². The molecule has 1 N–H and O–H groups in total. The van der Waals surface area contributed by atoms with Gasteiger partial charge in [-0.3, -0.25) is 0 Å². The first kappa shape index (κ1) is 25.0. The molecule has 4 rings (SSSR count). The van der Waals surface area contributed by atoms with Crippen LogP contribution in [-0.4, -0.2) is 34.7 Å². The number of carbonyl (C=O) groups is 1. The lowest BCUT2D eigenvalue weighted by Gasteiger charge is -2.29. The molecule has 0 bridgehead atoms. The number of benzene rings is 3. The minimum atomic E-state index is -0.182. The average Bonchev–Trinajstić information content (AvgIpc) is 3.38. The van der Waals surface area contributed by atoms with Gasteiger partial charge in [0.2, 0.25) is 11.7 Å². The molecule has 7 nitrogen and oxygen atoms in total. The molecule has 7 heteroatoms. The summed E-state index contributed by atoms with van der Waals surface area (Å²) in [4.78, 5) is 19.7. The van der Waals surface area contributed by atoms with Gasteiger partial charge in [-0.05, 0) is 60.4 Å². The van der Waals surface area contributed by atoms with Crippen molar-refractivity contribution in [3.8, 4) is 17.1 Å². The number of hydrogen-bond acceptors (Lipinski definition) is 5. The molecule has 0 radical (unpaired) electrons. The van der Waals surface area contributed by atoms with E-state index in [9.17, 15) is 4.79 Å². The van der Waals surface area contributed by atoms with Gasteiger partial charge in [-0.25, -0.2) is 4.79 Å². The van der Waals surface area contributed by atoms with E-state index in [2.05, 4.69) is 29.3 Å². The normalized spacial score (nSPS) is 11.8. The van der Waals surface area contributed by atoms with Crippen molar-refractivity contribution in [1.82, 2.24) is 15.0 Å². The number of amides is 2. The van der Waals surface area contributed by atoms with E-state index >= 15 is 0 Å². The Labute approximate surface area is 212 Å². The number of urea groups is 1. The highest BCUT2D eigenvalue weighted by Crippen LogP contribution is 2.24. The first-order chi connectivity index (χ1) is 17.4. The summed E-state index contributed by atoms with van der Waals surface area (Å²) in [5.41, 5.74) is 3.87. The van der Waals surface area contributed by atoms with Gasteiger partial charge in [0, 0.05) is 24.2 Å². The summed E-state index contributed by atoms with van der Waals surface area (Å²) in [6.07, 6.45) is 0.431. The summed E-state index contributed by atoms with van der Waals surface area (Å²) in [6, 6.07) is 25.1. The topological polar surface area (TPSA) is 80.5 Å². The van der Waals surface area contributed by atoms with Crippen molar-refractivity contribution in [2.75, 3.05) is 19.0 Å². The van der Waals surface area contributed by atoms with Gasteiger partial charge in [-0.15, -0.1) is 0 Å². The Hall–Kier alpha value is -4.13. The minimum Gasteiger partial charge on any atom is -0.497 e. The zero-order chi connectivity index (χ0) is 25.5. The lowest BCUT2D eigenvalue weighted by atomic mass is 10.0. The molecule has 36 heavy (non-hydrogen) atoms. The number of methoxy groups -OCH3 is 1. The molecule has 0 aliphatic heterocycles. The first-order valence-electron chi connectivity index (χ1n) is 12.1. The third-order valence-electron chi connectivity index (χ3n) is 6.22. The van der Waals surface area contributed by atoms with E-state index in [1.165, 1.54) is 5.56 Å². The van der Waals surface area contributed by atoms with Crippen LogP contribution < -0.4 is 10.1 Å². The second-order valence-corrected chi connectivity index (χ2v) is 8.98. The van der Waals surface area contributed by atoms with Crippen LogP contribution in [0.3, 0.4) is 0 Å². The maximum absolute atomic E-state index is 13.4. The van der Waals surface area contributed by atoms with Gasteiger partial charge in [-0.2, -0.15) is 4.98 Å². The van der Waals surface area contributed by atoms with Crippen LogP contribution in [0.25, 0.3) is 11.4 Å². The van der Waals surface area contributed by atoms with Gasteiger partial charge < -0.3 is 19.5 Å². The Bertz CT molecular complexity index is 1250. The summed E-state index contributed by atoms with van der Waals surface area (Å²) in [7, 11) is 1.63. The Morgan fingerprint density at radius 3 is 2.28 bits per heavy atom. The molecule has 0 saturated carbocycles. The van der Waals surface area contributed by atoms with Crippen molar-refractivity contribution in [1.29, 1.82) is 0 Å². The molecule has 1 unspecified atom stereocenters. The van der Waals surface area contributed by atoms with Crippen LogP contribution in [-0.2, 0) is 6.42 Å². The highest BCUT2D eigenvalue weighted by molar-refractivity contribution is 5.89. The molecule has 1 atom stereocenters. The number of anilines is 1. The average molecular weight is 485 g/mol. The molecule has 186 valence electrons. The number of ether oxygens (including phenoxy) is 1. The quantitative estimate of drug-likeness (QED) is 0.286. The van der Waals surface area contributed by atoms with Crippen molar-refractivity contribution < 1.29 is 14.1 Å². The monoisotopic (exact) mass is 484 g/mol. The molecule has 2 amide bonds. The van der Waals surface area contributed by atoms with E-state index in [0.717, 1.165) is 22.6 Å². The molecule has 1 heterocycles. The highest BCUT2D eigenvalue weighted by atomic mass is 16.5. The van der Waals surface area contributed by atoms with Crippen molar-refractivity contribution in [3.05, 3.63) is 95.9 Å². The Morgan fingerprint density at radius 1 is 0.944 bits per heavy atom. The van der Waals surface area contributed by atoms with Gasteiger partial charge in [0.15, 0.2) is 0 Å². The fraction of sp³-hybridized carbons (Fsp3) is 0.276. The summed E-state index contributed by atoms with van der Waals surface area (Å²) in [6.45, 7) is 6.73. The van der Waals surface area contributed by atoms with Crippen molar-refractivity contribution >= 4 is 11.7 Å². The third kappa shape index (κ3) is 6.10. The summed E-state index contributed by atoms with van der Waals surface area (Å²) < 4.78 is 10.7. The maximum Gasteiger partial charge on any atom is 0.322 e. The van der Waals surface area contributed by atoms with Crippen LogP contribution in [0.2, 0.25) is 0 Å². The molecule has 1 aromatic heterocycles. The van der Waals surface area contributed by atoms with Gasteiger partial charge in [0.1, 0.15) is 5.75 Å². The predicted octanol–water partition coefficient (Wildman–Crippen LogP) is 6.71. The molecule has 4 aromatic rings. The lowest BCUT2D eigenvalue weighted by molar-refractivity contribution is 0.191. The molecule has 3 aromatic carbocycles. The van der Waals surface area contributed by atoms with Crippen LogP contribution in [0.5, 0.6) is 5.75 Å². The Morgan fingerprint density at radius 2 is 1.64 bits per heavy atom. The van der Waals surface area contributed by atoms with Gasteiger partial charge >= 0.3 is 6.03 Å². The van der Waals surface area contributed by atoms with Gasteiger partial charge in [0.25, 0.3) is 0 Å². The van der Waals surface area contributed by atoms with Crippen molar-refractivity contribution in [3.63, 3.8) is 0 Å². The SMILES string of the molecule is COc1ccc(-c2noc(CCN(C(=O)Nc3ccc(C(C)C)cc3)C(C)c3ccccc3)n2)cc1. The predicted molar refractivity (Wildman–Crippen MR) is 141 cm³/mol. The molecule has 0 aliphatic rings. The number of carbonyl (C=O) groups excluding carboxylic acids is 1. The Balaban J connectivity index is 1.49. The number of aromatic nitrogens is 2. The largest absolute Gasteiger partial charge is 0.497 e. The second-order valence-electron chi connectivity index (χ2n) is 8.98. The summed E-state index contributed by atoms with van der Waals surface area (Å²) >= 11 is 0. The fourth-order valence-corrected chi connectivity index (χ4v) is 3.96. The summed E-state index contributed by atoms with van der Waals surface area (Å²) in [5.74, 6) is 2.17. The zero-order valence-corrected chi connectivity index (χ0v) is 21.1. The number of hydrogen-bond donors (Lipinski definition) is 1. The summed E-state index contributed by atoms with van der Waals surface area (Å²) in [5, 5.41) is 7.16. The van der Waals surface area contributed by atoms with E-state index in [4.69, 9.17) is 9.26 Å². The maximum atomic E-state index is 13.4. The van der Waals surface area contributed by atoms with E-state index in [-0.39, 0.29) is 12.1 Å². The molecular formula is C29H32N4O3. The van der Waals surface area contributed by atoms with Gasteiger partial charge in [0.05, 0.1) is 13.2 Å². The zero-order valence-electron chi connectivity index (χ0n) is 21.1. The molecule has 0 fully saturated rings. The van der Waals surface area contributed by atoms with Crippen LogP contribution in [0, 0.1) is 0 Å². The number of nitrogens with one attached hydrogen (secondary N) is 1. The smallest absolute Gasteiger partial charge is 0.322 e.